The third-order valence-corrected chi connectivity index (χ3v) is 5.96. The topological polar surface area (TPSA) is 60.8 Å². The first-order valence-corrected chi connectivity index (χ1v) is 10.7. The molecule has 0 spiro atoms. The number of halogens is 1. The van der Waals surface area contributed by atoms with Crippen molar-refractivity contribution in [3.05, 3.63) is 75.2 Å². The number of nitrogens with zero attached hydrogens (tertiary/aromatic N) is 2. The second kappa shape index (κ2) is 9.02. The minimum Gasteiger partial charge on any atom is -0.490 e. The first-order valence-electron chi connectivity index (χ1n) is 10.3. The molecule has 0 radical (unpaired) electrons. The fourth-order valence-electron chi connectivity index (χ4n) is 3.93. The van der Waals surface area contributed by atoms with E-state index < -0.39 is 0 Å². The monoisotopic (exact) mass is 440 g/mol. The predicted molar refractivity (Wildman–Crippen MR) is 121 cm³/mol. The first kappa shape index (κ1) is 21.2. The summed E-state index contributed by atoms with van der Waals surface area (Å²) in [6.45, 7) is 3.65. The number of hydrogen-bond donors (Lipinski definition) is 0. The molecule has 2 heterocycles. The molecule has 1 aliphatic rings. The highest BCUT2D eigenvalue weighted by atomic mass is 35.5. The van der Waals surface area contributed by atoms with Gasteiger partial charge < -0.3 is 18.9 Å². The molecule has 7 heteroatoms. The van der Waals surface area contributed by atoms with Gasteiger partial charge in [0, 0.05) is 37.2 Å². The molecular weight excluding hydrogens is 416 g/mol. The summed E-state index contributed by atoms with van der Waals surface area (Å²) < 4.78 is 12.7. The van der Waals surface area contributed by atoms with Gasteiger partial charge in [-0.3, -0.25) is 4.79 Å². The molecule has 4 rings (SSSR count). The molecule has 0 N–H and O–H groups in total. The number of likely N-dealkylation sites (tertiary alicyclic amines) is 1. The largest absolute Gasteiger partial charge is 0.490 e. The van der Waals surface area contributed by atoms with Crippen molar-refractivity contribution in [3.8, 4) is 5.75 Å². The van der Waals surface area contributed by atoms with E-state index in [4.69, 9.17) is 21.1 Å². The Bertz CT molecular complexity index is 1150. The number of fused-ring (bicyclic) bond motifs is 1. The van der Waals surface area contributed by atoms with Gasteiger partial charge in [0.25, 0.3) is 5.56 Å². The Balaban J connectivity index is 1.55. The molecule has 162 valence electrons. The molecule has 1 fully saturated rings. The van der Waals surface area contributed by atoms with Gasteiger partial charge in [-0.1, -0.05) is 23.7 Å². The van der Waals surface area contributed by atoms with Gasteiger partial charge in [0.2, 0.25) is 0 Å². The third kappa shape index (κ3) is 4.69. The normalized spacial score (nSPS) is 14.6. The minimum atomic E-state index is -0.304. The van der Waals surface area contributed by atoms with Crippen LogP contribution in [0.15, 0.2) is 53.5 Å². The smallest absolute Gasteiger partial charge is 0.409 e. The lowest BCUT2D eigenvalue weighted by Gasteiger charge is -2.31. The number of hydrogen-bond acceptors (Lipinski definition) is 4. The van der Waals surface area contributed by atoms with E-state index in [1.807, 2.05) is 55.6 Å². The number of pyridine rings is 1. The summed E-state index contributed by atoms with van der Waals surface area (Å²) in [7, 11) is 1.39. The second-order valence-electron chi connectivity index (χ2n) is 7.85. The van der Waals surface area contributed by atoms with Crippen molar-refractivity contribution in [2.24, 2.45) is 0 Å². The number of aromatic nitrogens is 1. The summed E-state index contributed by atoms with van der Waals surface area (Å²) in [5.74, 6) is 0.713. The van der Waals surface area contributed by atoms with Gasteiger partial charge in [-0.05, 0) is 53.8 Å². The predicted octanol–water partition coefficient (Wildman–Crippen LogP) is 4.62. The second-order valence-corrected chi connectivity index (χ2v) is 8.29. The molecule has 31 heavy (non-hydrogen) atoms. The lowest BCUT2D eigenvalue weighted by Crippen LogP contribution is -2.41. The molecule has 6 nitrogen and oxygen atoms in total. The summed E-state index contributed by atoms with van der Waals surface area (Å²) in [5.41, 5.74) is 1.93. The maximum Gasteiger partial charge on any atom is 0.409 e. The molecule has 1 saturated heterocycles. The minimum absolute atomic E-state index is 0.00272. The quantitative estimate of drug-likeness (QED) is 0.593. The Labute approximate surface area is 185 Å². The van der Waals surface area contributed by atoms with Crippen LogP contribution in [0, 0.1) is 6.92 Å². The molecule has 1 aliphatic heterocycles. The zero-order chi connectivity index (χ0) is 22.0. The van der Waals surface area contributed by atoms with Crippen LogP contribution in [-0.2, 0) is 11.3 Å². The summed E-state index contributed by atoms with van der Waals surface area (Å²) in [5, 5.41) is 2.19. The first-order chi connectivity index (χ1) is 14.9. The average Bonchev–Trinajstić information content (AvgIpc) is 2.78. The molecular formula is C24H25ClN2O4. The fraction of sp³-hybridized carbons (Fsp3) is 0.333. The highest BCUT2D eigenvalue weighted by Gasteiger charge is 2.24. The van der Waals surface area contributed by atoms with Crippen LogP contribution in [-0.4, -0.2) is 41.9 Å². The number of piperidine rings is 1. The van der Waals surface area contributed by atoms with Gasteiger partial charge in [0.05, 0.1) is 19.0 Å². The van der Waals surface area contributed by atoms with E-state index in [1.54, 1.807) is 9.47 Å². The Morgan fingerprint density at radius 1 is 1.13 bits per heavy atom. The van der Waals surface area contributed by atoms with Gasteiger partial charge in [-0.25, -0.2) is 4.79 Å². The van der Waals surface area contributed by atoms with Gasteiger partial charge in [-0.2, -0.15) is 0 Å². The molecule has 1 aromatic heterocycles. The SMILES string of the molecule is COC(=O)N1CCC(Oc2cc3c(=O)n(Cc4ccc(Cl)cc4)ccc3cc2C)CC1. The van der Waals surface area contributed by atoms with E-state index in [0.29, 0.717) is 35.8 Å². The van der Waals surface area contributed by atoms with Crippen LogP contribution in [0.25, 0.3) is 10.8 Å². The van der Waals surface area contributed by atoms with Crippen LogP contribution in [0.3, 0.4) is 0 Å². The number of benzene rings is 2. The molecule has 0 saturated carbocycles. The summed E-state index contributed by atoms with van der Waals surface area (Å²) >= 11 is 5.96. The summed E-state index contributed by atoms with van der Waals surface area (Å²) in [6, 6.07) is 13.3. The van der Waals surface area contributed by atoms with Crippen LogP contribution in [0.4, 0.5) is 4.79 Å². The van der Waals surface area contributed by atoms with E-state index in [1.165, 1.54) is 7.11 Å². The number of carbonyl (C=O) groups is 1. The maximum atomic E-state index is 13.1. The highest BCUT2D eigenvalue weighted by molar-refractivity contribution is 6.30. The van der Waals surface area contributed by atoms with Crippen molar-refractivity contribution in [3.63, 3.8) is 0 Å². The van der Waals surface area contributed by atoms with Crippen molar-refractivity contribution >= 4 is 28.5 Å². The lowest BCUT2D eigenvalue weighted by atomic mass is 10.1. The summed E-state index contributed by atoms with van der Waals surface area (Å²) in [4.78, 5) is 26.5. The van der Waals surface area contributed by atoms with E-state index in [2.05, 4.69) is 0 Å². The zero-order valence-corrected chi connectivity index (χ0v) is 18.4. The molecule has 0 aliphatic carbocycles. The Kier molecular flexibility index (Phi) is 6.18. The number of amides is 1. The maximum absolute atomic E-state index is 13.1. The molecule has 3 aromatic rings. The Morgan fingerprint density at radius 2 is 1.84 bits per heavy atom. The standard InChI is InChI=1S/C24H25ClN2O4/c1-16-13-18-7-10-27(15-17-3-5-19(25)6-4-17)23(28)21(18)14-22(16)31-20-8-11-26(12-9-20)24(29)30-2/h3-7,10,13-14,20H,8-9,11-12,15H2,1-2H3. The van der Waals surface area contributed by atoms with Crippen molar-refractivity contribution in [1.82, 2.24) is 9.47 Å². The van der Waals surface area contributed by atoms with Crippen molar-refractivity contribution in [1.29, 1.82) is 0 Å². The van der Waals surface area contributed by atoms with Crippen molar-refractivity contribution in [2.75, 3.05) is 20.2 Å². The van der Waals surface area contributed by atoms with E-state index in [-0.39, 0.29) is 17.8 Å². The van der Waals surface area contributed by atoms with Crippen LogP contribution >= 0.6 is 11.6 Å². The number of rotatable bonds is 4. The number of aryl methyl sites for hydroxylation is 1. The third-order valence-electron chi connectivity index (χ3n) is 5.71. The fourth-order valence-corrected chi connectivity index (χ4v) is 4.06. The summed E-state index contributed by atoms with van der Waals surface area (Å²) in [6.07, 6.45) is 2.96. The van der Waals surface area contributed by atoms with Crippen molar-refractivity contribution in [2.45, 2.75) is 32.4 Å². The zero-order valence-electron chi connectivity index (χ0n) is 17.6. The lowest BCUT2D eigenvalue weighted by molar-refractivity contribution is 0.0788. The molecule has 2 aromatic carbocycles. The molecule has 0 bridgehead atoms. The van der Waals surface area contributed by atoms with Crippen LogP contribution in [0.5, 0.6) is 5.75 Å². The Morgan fingerprint density at radius 3 is 2.52 bits per heavy atom. The number of ether oxygens (including phenoxy) is 2. The van der Waals surface area contributed by atoms with Gasteiger partial charge in [-0.15, -0.1) is 0 Å². The number of methoxy groups -OCH3 is 1. The molecule has 0 atom stereocenters. The van der Waals surface area contributed by atoms with Gasteiger partial charge in [0.15, 0.2) is 0 Å². The van der Waals surface area contributed by atoms with Gasteiger partial charge in [0.1, 0.15) is 11.9 Å². The van der Waals surface area contributed by atoms with Crippen LogP contribution in [0.2, 0.25) is 5.02 Å². The van der Waals surface area contributed by atoms with E-state index in [0.717, 1.165) is 29.4 Å². The van der Waals surface area contributed by atoms with E-state index in [9.17, 15) is 9.59 Å². The van der Waals surface area contributed by atoms with E-state index >= 15 is 0 Å². The van der Waals surface area contributed by atoms with Crippen molar-refractivity contribution < 1.29 is 14.3 Å². The Hall–Kier alpha value is -2.99. The molecule has 1 amide bonds. The van der Waals surface area contributed by atoms with Crippen LogP contribution < -0.4 is 10.3 Å². The van der Waals surface area contributed by atoms with Gasteiger partial charge >= 0.3 is 6.09 Å². The molecule has 0 unspecified atom stereocenters. The average molecular weight is 441 g/mol. The van der Waals surface area contributed by atoms with Crippen LogP contribution in [0.1, 0.15) is 24.0 Å². The number of carbonyl (C=O) groups excluding carboxylic acids is 1. The highest BCUT2D eigenvalue weighted by Crippen LogP contribution is 2.27.